The number of anilines is 1. The largest absolute Gasteiger partial charge is 0.419 e. The Morgan fingerprint density at radius 2 is 2.14 bits per heavy atom. The predicted octanol–water partition coefficient (Wildman–Crippen LogP) is 3.25. The smallest absolute Gasteiger partial charge is 0.343 e. The van der Waals surface area contributed by atoms with Crippen molar-refractivity contribution < 1.29 is 17.6 Å². The Morgan fingerprint density at radius 3 is 2.81 bits per heavy atom. The first-order valence-corrected chi connectivity index (χ1v) is 7.32. The van der Waals surface area contributed by atoms with E-state index in [1.165, 1.54) is 11.3 Å². The summed E-state index contributed by atoms with van der Waals surface area (Å²) in [6, 6.07) is 1.91. The van der Waals surface area contributed by atoms with Crippen LogP contribution < -0.4 is 10.2 Å². The summed E-state index contributed by atoms with van der Waals surface area (Å²) < 4.78 is 52.1. The van der Waals surface area contributed by atoms with Gasteiger partial charge in [0.05, 0.1) is 15.8 Å². The van der Waals surface area contributed by atoms with E-state index in [2.05, 4.69) is 10.3 Å². The third-order valence-corrected chi connectivity index (χ3v) is 4.57. The summed E-state index contributed by atoms with van der Waals surface area (Å²) in [5.74, 6) is -1.28. The SMILES string of the molecule is C[C@@H]1CNCCN1c1nc2cc(F)c(C(F)(F)F)cc2s1. The number of piperazine rings is 1. The number of thiazole rings is 1. The minimum Gasteiger partial charge on any atom is -0.343 e. The molecule has 0 radical (unpaired) electrons. The van der Waals surface area contributed by atoms with E-state index in [4.69, 9.17) is 0 Å². The first kappa shape index (κ1) is 14.5. The maximum absolute atomic E-state index is 13.6. The monoisotopic (exact) mass is 319 g/mol. The number of rotatable bonds is 1. The molecule has 1 fully saturated rings. The molecule has 0 unspecified atom stereocenters. The van der Waals surface area contributed by atoms with E-state index in [9.17, 15) is 17.6 Å². The molecule has 1 aliphatic rings. The Labute approximate surface area is 122 Å². The van der Waals surface area contributed by atoms with Crippen molar-refractivity contribution in [1.29, 1.82) is 0 Å². The zero-order valence-electron chi connectivity index (χ0n) is 11.2. The highest BCUT2D eigenvalue weighted by atomic mass is 32.1. The van der Waals surface area contributed by atoms with Crippen molar-refractivity contribution in [2.45, 2.75) is 19.1 Å². The van der Waals surface area contributed by atoms with Gasteiger partial charge in [0.1, 0.15) is 5.82 Å². The molecule has 0 aliphatic carbocycles. The number of fused-ring (bicyclic) bond motifs is 1. The predicted molar refractivity (Wildman–Crippen MR) is 74.3 cm³/mol. The quantitative estimate of drug-likeness (QED) is 0.818. The molecule has 0 spiro atoms. The summed E-state index contributed by atoms with van der Waals surface area (Å²) in [6.07, 6.45) is -4.69. The fourth-order valence-electron chi connectivity index (χ4n) is 2.40. The van der Waals surface area contributed by atoms with Gasteiger partial charge < -0.3 is 10.2 Å². The van der Waals surface area contributed by atoms with Gasteiger partial charge in [0.15, 0.2) is 5.13 Å². The van der Waals surface area contributed by atoms with Crippen LogP contribution in [-0.4, -0.2) is 30.7 Å². The highest BCUT2D eigenvalue weighted by molar-refractivity contribution is 7.22. The maximum Gasteiger partial charge on any atom is 0.419 e. The lowest BCUT2D eigenvalue weighted by atomic mass is 10.2. The van der Waals surface area contributed by atoms with Crippen molar-refractivity contribution in [3.63, 3.8) is 0 Å². The van der Waals surface area contributed by atoms with Crippen LogP contribution in [0.25, 0.3) is 10.2 Å². The zero-order valence-corrected chi connectivity index (χ0v) is 12.0. The molecular formula is C13H13F4N3S. The van der Waals surface area contributed by atoms with Gasteiger partial charge in [-0.25, -0.2) is 9.37 Å². The number of nitrogens with one attached hydrogen (secondary N) is 1. The topological polar surface area (TPSA) is 28.2 Å². The van der Waals surface area contributed by atoms with Gasteiger partial charge in [-0.1, -0.05) is 11.3 Å². The van der Waals surface area contributed by atoms with Crippen molar-refractivity contribution in [1.82, 2.24) is 10.3 Å². The van der Waals surface area contributed by atoms with Crippen LogP contribution in [-0.2, 0) is 6.18 Å². The fraction of sp³-hybridized carbons (Fsp3) is 0.462. The van der Waals surface area contributed by atoms with Gasteiger partial charge in [-0.2, -0.15) is 13.2 Å². The lowest BCUT2D eigenvalue weighted by Crippen LogP contribution is -2.49. The van der Waals surface area contributed by atoms with Crippen LogP contribution in [0, 0.1) is 5.82 Å². The van der Waals surface area contributed by atoms with E-state index in [1.807, 2.05) is 11.8 Å². The molecule has 0 bridgehead atoms. The number of hydrogen-bond donors (Lipinski definition) is 1. The lowest BCUT2D eigenvalue weighted by Gasteiger charge is -2.33. The summed E-state index contributed by atoms with van der Waals surface area (Å²) in [7, 11) is 0. The first-order valence-electron chi connectivity index (χ1n) is 6.51. The maximum atomic E-state index is 13.6. The second-order valence-corrected chi connectivity index (χ2v) is 6.05. The van der Waals surface area contributed by atoms with Gasteiger partial charge in [-0.3, -0.25) is 0 Å². The Hall–Kier alpha value is -1.41. The molecule has 1 atom stereocenters. The molecule has 3 nitrogen and oxygen atoms in total. The number of nitrogens with zero attached hydrogens (tertiary/aromatic N) is 2. The second kappa shape index (κ2) is 5.10. The summed E-state index contributed by atoms with van der Waals surface area (Å²) in [5.41, 5.74) is -0.968. The molecule has 0 saturated carbocycles. The molecule has 2 heterocycles. The van der Waals surface area contributed by atoms with Crippen LogP contribution in [0.15, 0.2) is 12.1 Å². The molecule has 21 heavy (non-hydrogen) atoms. The summed E-state index contributed by atoms with van der Waals surface area (Å²) in [4.78, 5) is 6.31. The van der Waals surface area contributed by atoms with Crippen LogP contribution in [0.1, 0.15) is 12.5 Å². The van der Waals surface area contributed by atoms with Gasteiger partial charge in [-0.15, -0.1) is 0 Å². The normalized spacial score (nSPS) is 20.2. The van der Waals surface area contributed by atoms with Crippen molar-refractivity contribution in [2.24, 2.45) is 0 Å². The van der Waals surface area contributed by atoms with Crippen LogP contribution in [0.2, 0.25) is 0 Å². The van der Waals surface area contributed by atoms with Crippen molar-refractivity contribution in [2.75, 3.05) is 24.5 Å². The van der Waals surface area contributed by atoms with E-state index >= 15 is 0 Å². The molecule has 114 valence electrons. The molecule has 1 aromatic heterocycles. The zero-order chi connectivity index (χ0) is 15.2. The molecule has 8 heteroatoms. The Morgan fingerprint density at radius 1 is 1.38 bits per heavy atom. The highest BCUT2D eigenvalue weighted by Crippen LogP contribution is 2.37. The average molecular weight is 319 g/mol. The van der Waals surface area contributed by atoms with E-state index in [1.54, 1.807) is 0 Å². The first-order chi connectivity index (χ1) is 9.86. The number of halogens is 4. The molecule has 1 aromatic carbocycles. The Bertz CT molecular complexity index is 667. The summed E-state index contributed by atoms with van der Waals surface area (Å²) in [6.45, 7) is 4.33. The molecule has 1 aliphatic heterocycles. The summed E-state index contributed by atoms with van der Waals surface area (Å²) >= 11 is 1.17. The van der Waals surface area contributed by atoms with Gasteiger partial charge in [-0.05, 0) is 13.0 Å². The molecule has 1 saturated heterocycles. The molecule has 2 aromatic rings. The fourth-order valence-corrected chi connectivity index (χ4v) is 3.52. The van der Waals surface area contributed by atoms with Gasteiger partial charge in [0, 0.05) is 31.7 Å². The van der Waals surface area contributed by atoms with Crippen molar-refractivity contribution in [3.05, 3.63) is 23.5 Å². The van der Waals surface area contributed by atoms with E-state index in [0.717, 1.165) is 31.8 Å². The van der Waals surface area contributed by atoms with Crippen LogP contribution >= 0.6 is 11.3 Å². The van der Waals surface area contributed by atoms with Crippen molar-refractivity contribution >= 4 is 26.7 Å². The molecule has 0 amide bonds. The van der Waals surface area contributed by atoms with Crippen molar-refractivity contribution in [3.8, 4) is 0 Å². The number of aromatic nitrogens is 1. The van der Waals surface area contributed by atoms with Gasteiger partial charge >= 0.3 is 6.18 Å². The third kappa shape index (κ3) is 2.69. The molecule has 3 rings (SSSR count). The average Bonchev–Trinajstić information content (AvgIpc) is 2.79. The van der Waals surface area contributed by atoms with E-state index < -0.39 is 17.6 Å². The Kier molecular flexibility index (Phi) is 3.53. The van der Waals surface area contributed by atoms with Gasteiger partial charge in [0.2, 0.25) is 0 Å². The standard InChI is InChI=1S/C13H13F4N3S/c1-7-6-18-2-3-20(7)12-19-10-5-9(14)8(13(15,16)17)4-11(10)21-12/h4-5,7,18H,2-3,6H2,1H3/t7-/m1/s1. The molecular weight excluding hydrogens is 306 g/mol. The van der Waals surface area contributed by atoms with Crippen LogP contribution in [0.4, 0.5) is 22.7 Å². The minimum atomic E-state index is -4.69. The van der Waals surface area contributed by atoms with E-state index in [0.29, 0.717) is 9.83 Å². The number of hydrogen-bond acceptors (Lipinski definition) is 4. The van der Waals surface area contributed by atoms with Crippen LogP contribution in [0.3, 0.4) is 0 Å². The highest BCUT2D eigenvalue weighted by Gasteiger charge is 2.35. The summed E-state index contributed by atoms with van der Waals surface area (Å²) in [5, 5.41) is 3.87. The second-order valence-electron chi connectivity index (χ2n) is 5.04. The lowest BCUT2D eigenvalue weighted by molar-refractivity contribution is -0.139. The van der Waals surface area contributed by atoms with Crippen LogP contribution in [0.5, 0.6) is 0 Å². The number of alkyl halides is 3. The third-order valence-electron chi connectivity index (χ3n) is 3.52. The Balaban J connectivity index is 2.04. The van der Waals surface area contributed by atoms with Gasteiger partial charge in [0.25, 0.3) is 0 Å². The number of benzene rings is 1. The van der Waals surface area contributed by atoms with E-state index in [-0.39, 0.29) is 11.6 Å². The molecule has 1 N–H and O–H groups in total. The minimum absolute atomic E-state index is 0.200.